The number of hydrogen-bond acceptors (Lipinski definition) is 4. The fraction of sp³-hybridized carbons (Fsp3) is 0.0833. The van der Waals surface area contributed by atoms with E-state index in [1.54, 1.807) is 6.07 Å². The minimum atomic E-state index is -4.09. The number of nitrogens with one attached hydrogen (secondary N) is 1. The summed E-state index contributed by atoms with van der Waals surface area (Å²) in [4.78, 5) is 10.4. The van der Waals surface area contributed by atoms with E-state index < -0.39 is 37.3 Å². The van der Waals surface area contributed by atoms with Gasteiger partial charge in [0.2, 0.25) is 10.0 Å². The van der Waals surface area contributed by atoms with E-state index in [1.807, 2.05) is 0 Å². The summed E-state index contributed by atoms with van der Waals surface area (Å²) in [5, 5.41) is 8.24. The average Bonchev–Trinajstić information content (AvgIpc) is 2.92. The number of sulfonamides is 1. The Morgan fingerprint density at radius 3 is 2.71 bits per heavy atom. The van der Waals surface area contributed by atoms with Gasteiger partial charge in [-0.2, -0.15) is 0 Å². The molecule has 0 aliphatic carbocycles. The molecule has 0 spiro atoms. The zero-order valence-electron chi connectivity index (χ0n) is 10.3. The second-order valence-electron chi connectivity index (χ2n) is 4.03. The molecule has 0 atom stereocenters. The van der Waals surface area contributed by atoms with Gasteiger partial charge in [-0.3, -0.25) is 0 Å². The van der Waals surface area contributed by atoms with E-state index in [4.69, 9.17) is 21.1 Å². The lowest BCUT2D eigenvalue weighted by Crippen LogP contribution is -2.23. The minimum absolute atomic E-state index is 0.0779. The van der Waals surface area contributed by atoms with Gasteiger partial charge in [0.25, 0.3) is 0 Å². The Hall–Kier alpha value is -1.90. The van der Waals surface area contributed by atoms with E-state index in [2.05, 4.69) is 4.72 Å². The van der Waals surface area contributed by atoms with Crippen molar-refractivity contribution < 1.29 is 27.1 Å². The standard InChI is InChI=1S/C12H9ClFNO5S/c13-11-9(12(16)17)3-8(4-10(11)14)21(18,19)15-5-7-1-2-20-6-7/h1-4,6,15H,5H2,(H,16,17). The number of furan rings is 1. The maximum atomic E-state index is 13.5. The average molecular weight is 334 g/mol. The number of carboxylic acids is 1. The Bertz CT molecular complexity index is 773. The normalized spacial score (nSPS) is 11.5. The van der Waals surface area contributed by atoms with Gasteiger partial charge in [-0.15, -0.1) is 0 Å². The number of carboxylic acid groups (broad SMARTS) is 1. The summed E-state index contributed by atoms with van der Waals surface area (Å²) in [7, 11) is -4.09. The predicted molar refractivity (Wildman–Crippen MR) is 71.1 cm³/mol. The van der Waals surface area contributed by atoms with Crippen LogP contribution in [-0.2, 0) is 16.6 Å². The first-order valence-electron chi connectivity index (χ1n) is 5.54. The van der Waals surface area contributed by atoms with Gasteiger partial charge < -0.3 is 9.52 Å². The molecule has 2 rings (SSSR count). The highest BCUT2D eigenvalue weighted by atomic mass is 35.5. The number of rotatable bonds is 5. The third-order valence-electron chi connectivity index (χ3n) is 2.59. The van der Waals surface area contributed by atoms with Crippen LogP contribution in [0.5, 0.6) is 0 Å². The van der Waals surface area contributed by atoms with Crippen LogP contribution in [0.3, 0.4) is 0 Å². The van der Waals surface area contributed by atoms with Crippen LogP contribution in [0.15, 0.2) is 40.0 Å². The molecule has 0 radical (unpaired) electrons. The lowest BCUT2D eigenvalue weighted by atomic mass is 10.2. The zero-order chi connectivity index (χ0) is 15.6. The van der Waals surface area contributed by atoms with Crippen LogP contribution in [0.2, 0.25) is 5.02 Å². The van der Waals surface area contributed by atoms with E-state index in [9.17, 15) is 17.6 Å². The molecule has 0 saturated heterocycles. The molecule has 9 heteroatoms. The number of halogens is 2. The van der Waals surface area contributed by atoms with E-state index in [-0.39, 0.29) is 6.54 Å². The predicted octanol–water partition coefficient (Wildman–Crippen LogP) is 2.25. The third-order valence-corrected chi connectivity index (χ3v) is 4.35. The monoisotopic (exact) mass is 333 g/mol. The summed E-state index contributed by atoms with van der Waals surface area (Å²) in [5.41, 5.74) is -0.0631. The van der Waals surface area contributed by atoms with E-state index >= 15 is 0 Å². The molecule has 1 aromatic heterocycles. The first-order valence-corrected chi connectivity index (χ1v) is 7.40. The van der Waals surface area contributed by atoms with Crippen molar-refractivity contribution in [2.75, 3.05) is 0 Å². The number of aromatic carboxylic acids is 1. The number of hydrogen-bond donors (Lipinski definition) is 2. The molecule has 0 fully saturated rings. The molecule has 0 aliphatic rings. The van der Waals surface area contributed by atoms with Gasteiger partial charge in [-0.05, 0) is 18.2 Å². The third kappa shape index (κ3) is 3.41. The molecule has 0 saturated carbocycles. The van der Waals surface area contributed by atoms with Crippen molar-refractivity contribution in [3.8, 4) is 0 Å². The molecule has 21 heavy (non-hydrogen) atoms. The Labute approximate surface area is 124 Å². The highest BCUT2D eigenvalue weighted by Gasteiger charge is 2.21. The van der Waals surface area contributed by atoms with Crippen molar-refractivity contribution in [1.29, 1.82) is 0 Å². The fourth-order valence-corrected chi connectivity index (χ4v) is 2.77. The summed E-state index contributed by atoms with van der Waals surface area (Å²) in [6.45, 7) is -0.0779. The Morgan fingerprint density at radius 2 is 2.14 bits per heavy atom. The van der Waals surface area contributed by atoms with E-state index in [1.165, 1.54) is 12.5 Å². The van der Waals surface area contributed by atoms with Gasteiger partial charge in [0.05, 0.1) is 28.0 Å². The van der Waals surface area contributed by atoms with Crippen LogP contribution < -0.4 is 4.72 Å². The second-order valence-corrected chi connectivity index (χ2v) is 6.17. The van der Waals surface area contributed by atoms with Gasteiger partial charge in [-0.1, -0.05) is 11.6 Å². The highest BCUT2D eigenvalue weighted by molar-refractivity contribution is 7.89. The van der Waals surface area contributed by atoms with Crippen molar-refractivity contribution in [1.82, 2.24) is 4.72 Å². The van der Waals surface area contributed by atoms with Crippen molar-refractivity contribution >= 4 is 27.6 Å². The van der Waals surface area contributed by atoms with Crippen LogP contribution >= 0.6 is 11.6 Å². The van der Waals surface area contributed by atoms with Gasteiger partial charge in [-0.25, -0.2) is 22.3 Å². The molecule has 2 aromatic rings. The molecule has 1 aromatic carbocycles. The van der Waals surface area contributed by atoms with Gasteiger partial charge in [0.15, 0.2) is 0 Å². The van der Waals surface area contributed by atoms with Crippen molar-refractivity contribution in [3.05, 3.63) is 52.7 Å². The lowest BCUT2D eigenvalue weighted by Gasteiger charge is -2.08. The molecular weight excluding hydrogens is 325 g/mol. The van der Waals surface area contributed by atoms with Gasteiger partial charge in [0, 0.05) is 12.1 Å². The van der Waals surface area contributed by atoms with Crippen molar-refractivity contribution in [2.45, 2.75) is 11.4 Å². The van der Waals surface area contributed by atoms with Crippen LogP contribution in [0, 0.1) is 5.82 Å². The van der Waals surface area contributed by atoms with Crippen molar-refractivity contribution in [3.63, 3.8) is 0 Å². The van der Waals surface area contributed by atoms with Gasteiger partial charge in [0.1, 0.15) is 5.82 Å². The molecule has 2 N–H and O–H groups in total. The molecule has 6 nitrogen and oxygen atoms in total. The molecule has 1 heterocycles. The summed E-state index contributed by atoms with van der Waals surface area (Å²) in [6, 6.07) is 3.01. The van der Waals surface area contributed by atoms with Crippen LogP contribution in [-0.4, -0.2) is 19.5 Å². The Kier molecular flexibility index (Phi) is 4.31. The molecule has 112 valence electrons. The summed E-state index contributed by atoms with van der Waals surface area (Å²) in [6.07, 6.45) is 2.71. The Balaban J connectivity index is 2.33. The topological polar surface area (TPSA) is 96.6 Å². The smallest absolute Gasteiger partial charge is 0.337 e. The maximum absolute atomic E-state index is 13.5. The quantitative estimate of drug-likeness (QED) is 0.874. The van der Waals surface area contributed by atoms with Crippen LogP contribution in [0.1, 0.15) is 15.9 Å². The fourth-order valence-electron chi connectivity index (χ4n) is 1.53. The Morgan fingerprint density at radius 1 is 1.43 bits per heavy atom. The van der Waals surface area contributed by atoms with Crippen molar-refractivity contribution in [2.24, 2.45) is 0 Å². The summed E-state index contributed by atoms with van der Waals surface area (Å²) >= 11 is 5.49. The SMILES string of the molecule is O=C(O)c1cc(S(=O)(=O)NCc2ccoc2)cc(F)c1Cl. The van der Waals surface area contributed by atoms with E-state index in [0.29, 0.717) is 11.6 Å². The van der Waals surface area contributed by atoms with Gasteiger partial charge >= 0.3 is 5.97 Å². The molecule has 0 bridgehead atoms. The highest BCUT2D eigenvalue weighted by Crippen LogP contribution is 2.24. The number of carbonyl (C=O) groups is 1. The van der Waals surface area contributed by atoms with Crippen LogP contribution in [0.4, 0.5) is 4.39 Å². The minimum Gasteiger partial charge on any atom is -0.478 e. The summed E-state index contributed by atoms with van der Waals surface area (Å²) < 4.78 is 44.6. The molecular formula is C12H9ClFNO5S. The molecule has 0 aliphatic heterocycles. The molecule has 0 amide bonds. The summed E-state index contributed by atoms with van der Waals surface area (Å²) in [5.74, 6) is -2.65. The first kappa shape index (κ1) is 15.5. The number of benzene rings is 1. The maximum Gasteiger partial charge on any atom is 0.337 e. The molecule has 0 unspecified atom stereocenters. The first-order chi connectivity index (χ1) is 9.81. The van der Waals surface area contributed by atoms with Crippen LogP contribution in [0.25, 0.3) is 0 Å². The largest absolute Gasteiger partial charge is 0.478 e. The lowest BCUT2D eigenvalue weighted by molar-refractivity contribution is 0.0696. The zero-order valence-corrected chi connectivity index (χ0v) is 11.9. The second kappa shape index (κ2) is 5.84. The van der Waals surface area contributed by atoms with E-state index in [0.717, 1.165) is 6.07 Å².